The van der Waals surface area contributed by atoms with Crippen LogP contribution in [0.3, 0.4) is 0 Å². The fourth-order valence-corrected chi connectivity index (χ4v) is 1.83. The lowest BCUT2D eigenvalue weighted by Gasteiger charge is -2.08. The van der Waals surface area contributed by atoms with Gasteiger partial charge < -0.3 is 5.32 Å². The number of carbonyl (C=O) groups excluding carboxylic acids is 1. The molecule has 78 valence electrons. The molecule has 0 saturated carbocycles. The summed E-state index contributed by atoms with van der Waals surface area (Å²) in [6.45, 7) is 0. The first-order valence-electron chi connectivity index (χ1n) is 3.86. The fraction of sp³-hybridized carbons (Fsp3) is 0.111. The molecule has 1 N–H and O–H groups in total. The van der Waals surface area contributed by atoms with Gasteiger partial charge in [-0.25, -0.2) is 0 Å². The van der Waals surface area contributed by atoms with Crippen LogP contribution in [0.2, 0.25) is 15.1 Å². The zero-order valence-electron chi connectivity index (χ0n) is 7.35. The second-order valence-corrected chi connectivity index (χ2v) is 3.88. The summed E-state index contributed by atoms with van der Waals surface area (Å²) in [5.41, 5.74) is 0.267. The molecule has 0 fully saturated rings. The minimum Gasteiger partial charge on any atom is -0.323 e. The smallest absolute Gasteiger partial charge is 0.238 e. The van der Waals surface area contributed by atoms with Crippen molar-refractivity contribution in [1.29, 1.82) is 5.26 Å². The number of hydrogen-bond donors (Lipinski definition) is 1. The van der Waals surface area contributed by atoms with E-state index in [-0.39, 0.29) is 22.2 Å². The fourth-order valence-electron chi connectivity index (χ4n) is 0.917. The average Bonchev–Trinajstić information content (AvgIpc) is 2.11. The molecule has 1 rings (SSSR count). The number of carbonyl (C=O) groups is 1. The summed E-state index contributed by atoms with van der Waals surface area (Å²) in [5, 5.41) is 11.6. The lowest BCUT2D eigenvalue weighted by Crippen LogP contribution is -2.10. The van der Waals surface area contributed by atoms with Gasteiger partial charge >= 0.3 is 0 Å². The number of nitrogens with one attached hydrogen (secondary N) is 1. The molecular weight excluding hydrogens is 258 g/mol. The number of hydrogen-bond acceptors (Lipinski definition) is 2. The van der Waals surface area contributed by atoms with Gasteiger partial charge in [-0.15, -0.1) is 0 Å². The Morgan fingerprint density at radius 2 is 1.87 bits per heavy atom. The summed E-state index contributed by atoms with van der Waals surface area (Å²) in [7, 11) is 0. The number of benzene rings is 1. The Bertz CT molecular complexity index is 416. The molecule has 6 heteroatoms. The predicted octanol–water partition coefficient (Wildman–Crippen LogP) is 3.50. The van der Waals surface area contributed by atoms with Crippen molar-refractivity contribution in [1.82, 2.24) is 0 Å². The molecule has 0 aliphatic carbocycles. The lowest BCUT2D eigenvalue weighted by molar-refractivity contribution is -0.115. The van der Waals surface area contributed by atoms with E-state index in [1.165, 1.54) is 12.1 Å². The summed E-state index contributed by atoms with van der Waals surface area (Å²) in [5.74, 6) is -0.469. The topological polar surface area (TPSA) is 52.9 Å². The van der Waals surface area contributed by atoms with Crippen LogP contribution < -0.4 is 5.32 Å². The van der Waals surface area contributed by atoms with Gasteiger partial charge in [-0.05, 0) is 12.1 Å². The first-order chi connectivity index (χ1) is 7.04. The molecular formula is C9H5Cl3N2O. The molecule has 15 heavy (non-hydrogen) atoms. The number of rotatable bonds is 2. The van der Waals surface area contributed by atoms with Crippen LogP contribution in [0.25, 0.3) is 0 Å². The number of halogens is 3. The Hall–Kier alpha value is -0.950. The van der Waals surface area contributed by atoms with Crippen molar-refractivity contribution in [2.24, 2.45) is 0 Å². The molecule has 0 radical (unpaired) electrons. The van der Waals surface area contributed by atoms with E-state index in [4.69, 9.17) is 40.1 Å². The third kappa shape index (κ3) is 3.28. The van der Waals surface area contributed by atoms with E-state index in [0.717, 1.165) is 0 Å². The van der Waals surface area contributed by atoms with Crippen LogP contribution in [0.15, 0.2) is 12.1 Å². The molecule has 0 atom stereocenters. The molecule has 0 spiro atoms. The zero-order chi connectivity index (χ0) is 11.4. The first-order valence-corrected chi connectivity index (χ1v) is 4.99. The molecule has 1 aromatic rings. The summed E-state index contributed by atoms with van der Waals surface area (Å²) < 4.78 is 0. The Labute approximate surface area is 102 Å². The van der Waals surface area contributed by atoms with Gasteiger partial charge in [0.15, 0.2) is 0 Å². The van der Waals surface area contributed by atoms with Crippen LogP contribution in [0.4, 0.5) is 5.69 Å². The second kappa shape index (κ2) is 5.22. The van der Waals surface area contributed by atoms with E-state index in [1.54, 1.807) is 6.07 Å². The van der Waals surface area contributed by atoms with Gasteiger partial charge in [0.1, 0.15) is 6.42 Å². The van der Waals surface area contributed by atoms with Gasteiger partial charge in [0.25, 0.3) is 0 Å². The number of anilines is 1. The van der Waals surface area contributed by atoms with E-state index in [0.29, 0.717) is 5.02 Å². The van der Waals surface area contributed by atoms with Gasteiger partial charge in [0, 0.05) is 5.02 Å². The molecule has 0 bridgehead atoms. The summed E-state index contributed by atoms with van der Waals surface area (Å²) in [6.07, 6.45) is -0.255. The monoisotopic (exact) mass is 262 g/mol. The SMILES string of the molecule is N#CCC(=O)Nc1c(Cl)cc(Cl)cc1Cl. The highest BCUT2D eigenvalue weighted by Crippen LogP contribution is 2.33. The molecule has 1 amide bonds. The Kier molecular flexibility index (Phi) is 4.22. The Morgan fingerprint density at radius 3 is 2.33 bits per heavy atom. The minimum atomic E-state index is -0.469. The molecule has 0 aliphatic heterocycles. The molecule has 0 aromatic heterocycles. The third-order valence-electron chi connectivity index (χ3n) is 1.51. The van der Waals surface area contributed by atoms with Crippen molar-refractivity contribution in [3.8, 4) is 6.07 Å². The summed E-state index contributed by atoms with van der Waals surface area (Å²) in [6, 6.07) is 4.62. The van der Waals surface area contributed by atoms with Crippen LogP contribution in [-0.4, -0.2) is 5.91 Å². The van der Waals surface area contributed by atoms with Crippen LogP contribution in [0.5, 0.6) is 0 Å². The number of nitriles is 1. The number of nitrogens with zero attached hydrogens (tertiary/aromatic N) is 1. The quantitative estimate of drug-likeness (QED) is 0.888. The van der Waals surface area contributed by atoms with Crippen molar-refractivity contribution in [3.63, 3.8) is 0 Å². The van der Waals surface area contributed by atoms with Crippen molar-refractivity contribution in [3.05, 3.63) is 27.2 Å². The maximum Gasteiger partial charge on any atom is 0.238 e. The zero-order valence-corrected chi connectivity index (χ0v) is 9.62. The molecule has 0 saturated heterocycles. The van der Waals surface area contributed by atoms with E-state index in [1.807, 2.05) is 0 Å². The highest BCUT2D eigenvalue weighted by atomic mass is 35.5. The lowest BCUT2D eigenvalue weighted by atomic mass is 10.3. The van der Waals surface area contributed by atoms with Gasteiger partial charge in [0.05, 0.1) is 21.8 Å². The molecule has 3 nitrogen and oxygen atoms in total. The Morgan fingerprint density at radius 1 is 1.33 bits per heavy atom. The number of amides is 1. The molecule has 0 unspecified atom stereocenters. The van der Waals surface area contributed by atoms with Gasteiger partial charge in [-0.2, -0.15) is 5.26 Å². The van der Waals surface area contributed by atoms with E-state index in [9.17, 15) is 4.79 Å². The molecule has 0 heterocycles. The average molecular weight is 264 g/mol. The minimum absolute atomic E-state index is 0.235. The standard InChI is InChI=1S/C9H5Cl3N2O/c10-5-3-6(11)9(7(12)4-5)14-8(15)1-2-13/h3-4H,1H2,(H,14,15). The van der Waals surface area contributed by atoms with Crippen molar-refractivity contribution in [2.75, 3.05) is 5.32 Å². The van der Waals surface area contributed by atoms with E-state index in [2.05, 4.69) is 5.32 Å². The van der Waals surface area contributed by atoms with Crippen LogP contribution in [0.1, 0.15) is 6.42 Å². The third-order valence-corrected chi connectivity index (χ3v) is 2.33. The van der Waals surface area contributed by atoms with Crippen molar-refractivity contribution >= 4 is 46.4 Å². The van der Waals surface area contributed by atoms with Crippen molar-refractivity contribution in [2.45, 2.75) is 6.42 Å². The van der Waals surface area contributed by atoms with E-state index >= 15 is 0 Å². The van der Waals surface area contributed by atoms with Crippen LogP contribution in [0, 0.1) is 11.3 Å². The summed E-state index contributed by atoms with van der Waals surface area (Å²) >= 11 is 17.3. The summed E-state index contributed by atoms with van der Waals surface area (Å²) in [4.78, 5) is 11.1. The maximum atomic E-state index is 11.1. The predicted molar refractivity (Wildman–Crippen MR) is 60.3 cm³/mol. The van der Waals surface area contributed by atoms with Gasteiger partial charge in [0.2, 0.25) is 5.91 Å². The largest absolute Gasteiger partial charge is 0.323 e. The molecule has 1 aromatic carbocycles. The maximum absolute atomic E-state index is 11.1. The Balaban J connectivity index is 2.96. The van der Waals surface area contributed by atoms with E-state index < -0.39 is 5.91 Å². The van der Waals surface area contributed by atoms with Crippen LogP contribution in [-0.2, 0) is 4.79 Å². The van der Waals surface area contributed by atoms with Gasteiger partial charge in [-0.1, -0.05) is 34.8 Å². The first kappa shape index (κ1) is 12.1. The van der Waals surface area contributed by atoms with Crippen molar-refractivity contribution < 1.29 is 4.79 Å². The second-order valence-electron chi connectivity index (χ2n) is 2.63. The van der Waals surface area contributed by atoms with Crippen LogP contribution >= 0.6 is 34.8 Å². The molecule has 0 aliphatic rings. The highest BCUT2D eigenvalue weighted by Gasteiger charge is 2.10. The normalized spacial score (nSPS) is 9.47. The van der Waals surface area contributed by atoms with Gasteiger partial charge in [-0.3, -0.25) is 4.79 Å². The highest BCUT2D eigenvalue weighted by molar-refractivity contribution is 6.42.